The van der Waals surface area contributed by atoms with Crippen LogP contribution in [-0.4, -0.2) is 35.0 Å². The maximum Gasteiger partial charge on any atom is 0.312 e. The highest BCUT2D eigenvalue weighted by Gasteiger charge is 2.20. The van der Waals surface area contributed by atoms with Crippen LogP contribution < -0.4 is 16.4 Å². The standard InChI is InChI=1S/C16H20N4O2S/c1-10-5-6-12(11-4-3-8-18-14(10)11)19-15(21)13(7-9-23-2)20-16(17)22/h3-6,8,13H,7,9H2,1-2H3,(H,19,21)(H3,17,20,22). The lowest BCUT2D eigenvalue weighted by Crippen LogP contribution is -2.46. The van der Waals surface area contributed by atoms with Crippen LogP contribution >= 0.6 is 11.8 Å². The van der Waals surface area contributed by atoms with Crippen LogP contribution in [0.4, 0.5) is 10.5 Å². The Bertz CT molecular complexity index is 720. The molecule has 0 bridgehead atoms. The van der Waals surface area contributed by atoms with E-state index in [-0.39, 0.29) is 5.91 Å². The summed E-state index contributed by atoms with van der Waals surface area (Å²) in [5.74, 6) is 0.459. The van der Waals surface area contributed by atoms with Gasteiger partial charge in [0.2, 0.25) is 5.91 Å². The molecule has 0 radical (unpaired) electrons. The minimum Gasteiger partial charge on any atom is -0.352 e. The third-order valence-corrected chi connectivity index (χ3v) is 4.12. The van der Waals surface area contributed by atoms with Crippen LogP contribution in [0.1, 0.15) is 12.0 Å². The number of benzene rings is 1. The largest absolute Gasteiger partial charge is 0.352 e. The number of amides is 3. The zero-order chi connectivity index (χ0) is 16.8. The highest BCUT2D eigenvalue weighted by Crippen LogP contribution is 2.24. The summed E-state index contributed by atoms with van der Waals surface area (Å²) in [7, 11) is 0. The van der Waals surface area contributed by atoms with Crippen LogP contribution in [0.2, 0.25) is 0 Å². The lowest BCUT2D eigenvalue weighted by Gasteiger charge is -2.18. The minimum absolute atomic E-state index is 0.285. The van der Waals surface area contributed by atoms with Crippen molar-refractivity contribution in [3.63, 3.8) is 0 Å². The van der Waals surface area contributed by atoms with Crippen molar-refractivity contribution in [1.82, 2.24) is 10.3 Å². The molecule has 2 aromatic rings. The molecule has 0 aliphatic carbocycles. The van der Waals surface area contributed by atoms with Gasteiger partial charge in [0.05, 0.1) is 11.2 Å². The normalized spacial score (nSPS) is 11.9. The Hall–Kier alpha value is -2.28. The fourth-order valence-corrected chi connectivity index (χ4v) is 2.79. The van der Waals surface area contributed by atoms with Gasteiger partial charge in [0.1, 0.15) is 6.04 Å². The average Bonchev–Trinajstić information content (AvgIpc) is 2.54. The molecule has 0 spiro atoms. The molecule has 3 amide bonds. The van der Waals surface area contributed by atoms with Gasteiger partial charge in [-0.15, -0.1) is 0 Å². The van der Waals surface area contributed by atoms with Crippen LogP contribution in [-0.2, 0) is 4.79 Å². The molecule has 0 aliphatic heterocycles. The Kier molecular flexibility index (Phi) is 5.81. The average molecular weight is 332 g/mol. The van der Waals surface area contributed by atoms with Crippen molar-refractivity contribution < 1.29 is 9.59 Å². The van der Waals surface area contributed by atoms with Gasteiger partial charge >= 0.3 is 6.03 Å². The van der Waals surface area contributed by atoms with E-state index in [1.807, 2.05) is 37.4 Å². The molecule has 0 fully saturated rings. The van der Waals surface area contributed by atoms with Crippen molar-refractivity contribution in [2.75, 3.05) is 17.3 Å². The van der Waals surface area contributed by atoms with Gasteiger partial charge in [-0.1, -0.05) is 6.07 Å². The highest BCUT2D eigenvalue weighted by molar-refractivity contribution is 7.98. The number of pyridine rings is 1. The number of nitrogens with two attached hydrogens (primary N) is 1. The van der Waals surface area contributed by atoms with Gasteiger partial charge in [0, 0.05) is 11.6 Å². The van der Waals surface area contributed by atoms with Crippen molar-refractivity contribution in [1.29, 1.82) is 0 Å². The van der Waals surface area contributed by atoms with Crippen LogP contribution in [0.3, 0.4) is 0 Å². The number of carbonyl (C=O) groups is 2. The van der Waals surface area contributed by atoms with Gasteiger partial charge < -0.3 is 16.4 Å². The Labute approximate surface area is 139 Å². The summed E-state index contributed by atoms with van der Waals surface area (Å²) in [5.41, 5.74) is 7.71. The molecule has 1 heterocycles. The molecule has 6 nitrogen and oxygen atoms in total. The number of aryl methyl sites for hydroxylation is 1. The fourth-order valence-electron chi connectivity index (χ4n) is 2.32. The van der Waals surface area contributed by atoms with E-state index < -0.39 is 12.1 Å². The molecule has 2 rings (SSSR count). The Morgan fingerprint density at radius 2 is 2.13 bits per heavy atom. The summed E-state index contributed by atoms with van der Waals surface area (Å²) >= 11 is 1.60. The molecule has 0 saturated heterocycles. The van der Waals surface area contributed by atoms with Gasteiger partial charge in [0.25, 0.3) is 0 Å². The van der Waals surface area contributed by atoms with Gasteiger partial charge in [0.15, 0.2) is 0 Å². The molecule has 1 aromatic carbocycles. The van der Waals surface area contributed by atoms with Crippen molar-refractivity contribution in [3.05, 3.63) is 36.0 Å². The summed E-state index contributed by atoms with van der Waals surface area (Å²) in [6, 6.07) is 6.11. The first-order valence-corrected chi connectivity index (χ1v) is 8.62. The first kappa shape index (κ1) is 17.1. The highest BCUT2D eigenvalue weighted by atomic mass is 32.2. The van der Waals surface area contributed by atoms with E-state index >= 15 is 0 Å². The van der Waals surface area contributed by atoms with E-state index in [0.717, 1.165) is 22.2 Å². The van der Waals surface area contributed by atoms with Crippen molar-refractivity contribution in [3.8, 4) is 0 Å². The summed E-state index contributed by atoms with van der Waals surface area (Å²) in [4.78, 5) is 27.9. The lowest BCUT2D eigenvalue weighted by atomic mass is 10.1. The number of rotatable bonds is 6. The number of primary amides is 1. The maximum absolute atomic E-state index is 12.5. The minimum atomic E-state index is -0.707. The van der Waals surface area contributed by atoms with Crippen molar-refractivity contribution >= 4 is 40.3 Å². The second-order valence-corrected chi connectivity index (χ2v) is 6.15. The molecular formula is C16H20N4O2S. The van der Waals surface area contributed by atoms with E-state index in [9.17, 15) is 9.59 Å². The fraction of sp³-hybridized carbons (Fsp3) is 0.312. The lowest BCUT2D eigenvalue weighted by molar-refractivity contribution is -0.117. The number of hydrogen-bond donors (Lipinski definition) is 3. The smallest absolute Gasteiger partial charge is 0.312 e. The third-order valence-electron chi connectivity index (χ3n) is 3.47. The van der Waals surface area contributed by atoms with E-state index in [1.165, 1.54) is 0 Å². The van der Waals surface area contributed by atoms with Gasteiger partial charge in [-0.2, -0.15) is 11.8 Å². The topological polar surface area (TPSA) is 97.1 Å². The molecule has 1 aromatic heterocycles. The number of aromatic nitrogens is 1. The summed E-state index contributed by atoms with van der Waals surface area (Å²) in [6.45, 7) is 1.97. The number of urea groups is 1. The molecule has 1 atom stereocenters. The van der Waals surface area contributed by atoms with E-state index in [2.05, 4.69) is 15.6 Å². The van der Waals surface area contributed by atoms with Crippen LogP contribution in [0, 0.1) is 6.92 Å². The molecular weight excluding hydrogens is 312 g/mol. The molecule has 4 N–H and O–H groups in total. The first-order valence-electron chi connectivity index (χ1n) is 7.23. The summed E-state index contributed by atoms with van der Waals surface area (Å²) < 4.78 is 0. The van der Waals surface area contributed by atoms with E-state index in [4.69, 9.17) is 5.73 Å². The molecule has 23 heavy (non-hydrogen) atoms. The number of nitrogens with zero attached hydrogens (tertiary/aromatic N) is 1. The predicted octanol–water partition coefficient (Wildman–Crippen LogP) is 2.27. The monoisotopic (exact) mass is 332 g/mol. The summed E-state index contributed by atoms with van der Waals surface area (Å²) in [5, 5.41) is 6.22. The molecule has 122 valence electrons. The van der Waals surface area contributed by atoms with Gasteiger partial charge in [-0.3, -0.25) is 9.78 Å². The quantitative estimate of drug-likeness (QED) is 0.756. The van der Waals surface area contributed by atoms with Crippen LogP contribution in [0.5, 0.6) is 0 Å². The molecule has 1 unspecified atom stereocenters. The molecule has 0 saturated carbocycles. The zero-order valence-electron chi connectivity index (χ0n) is 13.1. The number of nitrogens with one attached hydrogen (secondary N) is 2. The number of fused-ring (bicyclic) bond motifs is 1. The Balaban J connectivity index is 2.24. The van der Waals surface area contributed by atoms with Crippen LogP contribution in [0.15, 0.2) is 30.5 Å². The Morgan fingerprint density at radius 3 is 2.83 bits per heavy atom. The number of anilines is 1. The number of thioether (sulfide) groups is 1. The van der Waals surface area contributed by atoms with E-state index in [1.54, 1.807) is 18.0 Å². The van der Waals surface area contributed by atoms with E-state index in [0.29, 0.717) is 12.1 Å². The second-order valence-electron chi connectivity index (χ2n) is 5.16. The van der Waals surface area contributed by atoms with Crippen LogP contribution in [0.25, 0.3) is 10.9 Å². The van der Waals surface area contributed by atoms with Gasteiger partial charge in [-0.05, 0) is 49.1 Å². The SMILES string of the molecule is CSCCC(NC(N)=O)C(=O)Nc1ccc(C)c2ncccc12. The Morgan fingerprint density at radius 1 is 1.35 bits per heavy atom. The summed E-state index contributed by atoms with van der Waals surface area (Å²) in [6.07, 6.45) is 4.17. The third kappa shape index (κ3) is 4.35. The van der Waals surface area contributed by atoms with Gasteiger partial charge in [-0.25, -0.2) is 4.79 Å². The predicted molar refractivity (Wildman–Crippen MR) is 94.6 cm³/mol. The maximum atomic E-state index is 12.5. The second kappa shape index (κ2) is 7.82. The number of hydrogen-bond acceptors (Lipinski definition) is 4. The molecule has 0 aliphatic rings. The first-order chi connectivity index (χ1) is 11.0. The molecule has 7 heteroatoms. The van der Waals surface area contributed by atoms with Crippen molar-refractivity contribution in [2.45, 2.75) is 19.4 Å². The zero-order valence-corrected chi connectivity index (χ0v) is 13.9. The van der Waals surface area contributed by atoms with Crippen molar-refractivity contribution in [2.24, 2.45) is 5.73 Å². The number of carbonyl (C=O) groups excluding carboxylic acids is 2.